The quantitative estimate of drug-likeness (QED) is 0.782. The molecule has 1 aromatic heterocycles. The molecule has 2 aliphatic heterocycles. The number of benzene rings is 1. The van der Waals surface area contributed by atoms with Crippen molar-refractivity contribution < 1.29 is 14.4 Å². The van der Waals surface area contributed by atoms with Gasteiger partial charge in [-0.1, -0.05) is 36.6 Å². The maximum absolute atomic E-state index is 12.8. The predicted molar refractivity (Wildman–Crippen MR) is 101 cm³/mol. The van der Waals surface area contributed by atoms with Gasteiger partial charge in [0.05, 0.1) is 24.3 Å². The highest BCUT2D eigenvalue weighted by Gasteiger charge is 2.50. The minimum absolute atomic E-state index is 0.0422. The summed E-state index contributed by atoms with van der Waals surface area (Å²) < 4.78 is 1.57. The zero-order chi connectivity index (χ0) is 19.4. The Morgan fingerprint density at radius 1 is 1.00 bits per heavy atom. The van der Waals surface area contributed by atoms with E-state index in [9.17, 15) is 14.4 Å². The molecule has 0 unspecified atom stereocenters. The van der Waals surface area contributed by atoms with Gasteiger partial charge in [0.15, 0.2) is 0 Å². The van der Waals surface area contributed by atoms with E-state index in [0.29, 0.717) is 5.02 Å². The van der Waals surface area contributed by atoms with Crippen LogP contribution in [-0.4, -0.2) is 32.5 Å². The summed E-state index contributed by atoms with van der Waals surface area (Å²) in [5.41, 5.74) is 0.852. The topological polar surface area (TPSA) is 97.2 Å². The number of carbonyl (C=O) groups is 3. The summed E-state index contributed by atoms with van der Waals surface area (Å²) in [6.07, 6.45) is 3.54. The molecule has 9 heteroatoms. The predicted octanol–water partition coefficient (Wildman–Crippen LogP) is 2.54. The largest absolute Gasteiger partial charge is 0.295 e. The smallest absolute Gasteiger partial charge is 0.260 e. The third-order valence-corrected chi connectivity index (χ3v) is 6.09. The maximum atomic E-state index is 12.8. The summed E-state index contributed by atoms with van der Waals surface area (Å²) in [5.74, 6) is -0.924. The summed E-state index contributed by atoms with van der Waals surface area (Å²) >= 11 is 5.97. The Morgan fingerprint density at radius 3 is 2.29 bits per heavy atom. The van der Waals surface area contributed by atoms with Crippen LogP contribution in [0.3, 0.4) is 0 Å². The van der Waals surface area contributed by atoms with E-state index in [2.05, 4.69) is 15.4 Å². The molecule has 3 aliphatic rings. The number of carbonyl (C=O) groups excluding carboxylic acids is 3. The van der Waals surface area contributed by atoms with Gasteiger partial charge >= 0.3 is 0 Å². The number of rotatable bonds is 2. The van der Waals surface area contributed by atoms with Gasteiger partial charge in [0.1, 0.15) is 0 Å². The molecule has 0 spiro atoms. The van der Waals surface area contributed by atoms with Gasteiger partial charge in [0, 0.05) is 5.02 Å². The van der Waals surface area contributed by atoms with Crippen molar-refractivity contribution in [3.05, 3.63) is 34.9 Å². The van der Waals surface area contributed by atoms with Crippen molar-refractivity contribution in [2.24, 2.45) is 11.8 Å². The number of aromatic nitrogens is 3. The van der Waals surface area contributed by atoms with Crippen LogP contribution in [0.2, 0.25) is 5.02 Å². The van der Waals surface area contributed by atoms with Crippen LogP contribution in [0.4, 0.5) is 11.9 Å². The van der Waals surface area contributed by atoms with Crippen molar-refractivity contribution in [3.63, 3.8) is 0 Å². The van der Waals surface area contributed by atoms with Crippen LogP contribution >= 0.6 is 11.6 Å². The Balaban J connectivity index is 1.53. The van der Waals surface area contributed by atoms with Crippen molar-refractivity contribution in [1.82, 2.24) is 14.8 Å². The fraction of sp³-hybridized carbons (Fsp3) is 0.421. The lowest BCUT2D eigenvalue weighted by atomic mass is 9.81. The molecule has 5 rings (SSSR count). The molecule has 1 aliphatic carbocycles. The molecule has 28 heavy (non-hydrogen) atoms. The molecule has 1 saturated heterocycles. The molecular formula is C19H18ClN5O3. The molecule has 8 nitrogen and oxygen atoms in total. The Bertz CT molecular complexity index is 962. The van der Waals surface area contributed by atoms with Crippen LogP contribution in [0.1, 0.15) is 43.7 Å². The molecule has 0 bridgehead atoms. The van der Waals surface area contributed by atoms with Crippen LogP contribution in [-0.2, 0) is 14.4 Å². The summed E-state index contributed by atoms with van der Waals surface area (Å²) in [4.78, 5) is 43.3. The first kappa shape index (κ1) is 17.4. The van der Waals surface area contributed by atoms with E-state index in [1.54, 1.807) is 16.8 Å². The number of anilines is 2. The molecule has 1 saturated carbocycles. The first-order chi connectivity index (χ1) is 13.5. The van der Waals surface area contributed by atoms with Gasteiger partial charge in [-0.2, -0.15) is 4.98 Å². The molecule has 144 valence electrons. The normalized spacial score (nSPS) is 26.8. The van der Waals surface area contributed by atoms with Gasteiger partial charge in [-0.05, 0) is 30.5 Å². The standard InChI is InChI=1S/C19H18ClN5O3/c20-11-7-5-10(6-8-11)14-9-15(26)21-18-22-19(23-25(14)18)24-16(27)12-3-1-2-4-13(12)17(24)28/h5-8,12-14H,1-4,9H2,(H,21,22,23,26)/t12-,13+,14-/m0/s1. The maximum Gasteiger partial charge on any atom is 0.260 e. The molecular weight excluding hydrogens is 382 g/mol. The van der Waals surface area contributed by atoms with E-state index in [1.165, 1.54) is 0 Å². The molecule has 2 aromatic rings. The third-order valence-electron chi connectivity index (χ3n) is 5.84. The van der Waals surface area contributed by atoms with Crippen LogP contribution in [0.25, 0.3) is 0 Å². The summed E-state index contributed by atoms with van der Waals surface area (Å²) in [5, 5.41) is 7.73. The van der Waals surface area contributed by atoms with Crippen molar-refractivity contribution in [2.45, 2.75) is 38.1 Å². The number of halogens is 1. The molecule has 3 atom stereocenters. The first-order valence-corrected chi connectivity index (χ1v) is 9.80. The summed E-state index contributed by atoms with van der Waals surface area (Å²) in [6, 6.07) is 6.78. The summed E-state index contributed by atoms with van der Waals surface area (Å²) in [6.45, 7) is 0. The molecule has 3 amide bonds. The average Bonchev–Trinajstić information content (AvgIpc) is 3.21. The van der Waals surface area contributed by atoms with Crippen molar-refractivity contribution >= 4 is 41.2 Å². The number of hydrogen-bond acceptors (Lipinski definition) is 5. The highest BCUT2D eigenvalue weighted by Crippen LogP contribution is 2.40. The number of fused-ring (bicyclic) bond motifs is 2. The minimum Gasteiger partial charge on any atom is -0.295 e. The number of nitrogens with one attached hydrogen (secondary N) is 1. The highest BCUT2D eigenvalue weighted by molar-refractivity contribution is 6.30. The zero-order valence-electron chi connectivity index (χ0n) is 15.0. The second-order valence-corrected chi connectivity index (χ2v) is 7.95. The molecule has 1 aromatic carbocycles. The van der Waals surface area contributed by atoms with Crippen LogP contribution in [0, 0.1) is 11.8 Å². The van der Waals surface area contributed by atoms with Crippen LogP contribution in [0.15, 0.2) is 24.3 Å². The SMILES string of the molecule is O=C1C[C@@H](c2ccc(Cl)cc2)n2nc(N3C(=O)[C@H]4CCCC[C@H]4C3=O)nc2N1. The Kier molecular flexibility index (Phi) is 3.97. The lowest BCUT2D eigenvalue weighted by molar-refractivity contribution is -0.122. The van der Waals surface area contributed by atoms with Gasteiger partial charge in [-0.25, -0.2) is 9.58 Å². The molecule has 2 fully saturated rings. The number of hydrogen-bond donors (Lipinski definition) is 1. The number of amides is 3. The lowest BCUT2D eigenvalue weighted by Gasteiger charge is -2.23. The fourth-order valence-corrected chi connectivity index (χ4v) is 4.58. The Labute approximate surface area is 165 Å². The van der Waals surface area contributed by atoms with Gasteiger partial charge in [0.2, 0.25) is 23.7 Å². The van der Waals surface area contributed by atoms with Gasteiger partial charge in [0.25, 0.3) is 5.95 Å². The number of imide groups is 1. The second-order valence-electron chi connectivity index (χ2n) is 7.51. The number of nitrogens with zero attached hydrogens (tertiary/aromatic N) is 4. The average molecular weight is 400 g/mol. The minimum atomic E-state index is -0.377. The van der Waals surface area contributed by atoms with Crippen molar-refractivity contribution in [1.29, 1.82) is 0 Å². The lowest BCUT2D eigenvalue weighted by Crippen LogP contribution is -2.32. The Hall–Kier alpha value is -2.74. The zero-order valence-corrected chi connectivity index (χ0v) is 15.7. The van der Waals surface area contributed by atoms with Crippen LogP contribution < -0.4 is 10.2 Å². The van der Waals surface area contributed by atoms with Gasteiger partial charge < -0.3 is 0 Å². The van der Waals surface area contributed by atoms with E-state index in [4.69, 9.17) is 11.6 Å². The van der Waals surface area contributed by atoms with Crippen molar-refractivity contribution in [2.75, 3.05) is 10.2 Å². The second kappa shape index (κ2) is 6.41. The first-order valence-electron chi connectivity index (χ1n) is 9.42. The highest BCUT2D eigenvalue weighted by atomic mass is 35.5. The fourth-order valence-electron chi connectivity index (χ4n) is 4.45. The third kappa shape index (κ3) is 2.63. The van der Waals surface area contributed by atoms with Gasteiger partial charge in [-0.15, -0.1) is 5.10 Å². The van der Waals surface area contributed by atoms with E-state index >= 15 is 0 Å². The van der Waals surface area contributed by atoms with E-state index < -0.39 is 0 Å². The summed E-state index contributed by atoms with van der Waals surface area (Å²) in [7, 11) is 0. The Morgan fingerprint density at radius 2 is 1.64 bits per heavy atom. The van der Waals surface area contributed by atoms with E-state index in [0.717, 1.165) is 36.1 Å². The molecule has 1 N–H and O–H groups in total. The molecule has 3 heterocycles. The van der Waals surface area contributed by atoms with Gasteiger partial charge in [-0.3, -0.25) is 19.7 Å². The van der Waals surface area contributed by atoms with E-state index in [1.807, 2.05) is 12.1 Å². The monoisotopic (exact) mass is 399 g/mol. The van der Waals surface area contributed by atoms with Crippen LogP contribution in [0.5, 0.6) is 0 Å². The van der Waals surface area contributed by atoms with E-state index in [-0.39, 0.29) is 53.9 Å². The van der Waals surface area contributed by atoms with Crippen molar-refractivity contribution in [3.8, 4) is 0 Å². The molecule has 0 radical (unpaired) electrons.